The molecule has 37 heavy (non-hydrogen) atoms. The number of nitriles is 1. The lowest BCUT2D eigenvalue weighted by molar-refractivity contribution is 0.0596. The number of ether oxygens (including phenoxy) is 4. The summed E-state index contributed by atoms with van der Waals surface area (Å²) in [5.41, 5.74) is -0.602. The highest BCUT2D eigenvalue weighted by Gasteiger charge is 2.28. The van der Waals surface area contributed by atoms with Gasteiger partial charge in [-0.1, -0.05) is 0 Å². The first-order valence-corrected chi connectivity index (χ1v) is 11.6. The number of aromatic nitrogens is 2. The summed E-state index contributed by atoms with van der Waals surface area (Å²) in [5, 5.41) is 13.2. The zero-order valence-corrected chi connectivity index (χ0v) is 21.2. The van der Waals surface area contributed by atoms with Crippen molar-refractivity contribution in [3.8, 4) is 18.0 Å². The number of hydrogen-bond acceptors (Lipinski definition) is 13. The molecule has 0 saturated carbocycles. The Kier molecular flexibility index (Phi) is 9.37. The van der Waals surface area contributed by atoms with Gasteiger partial charge in [0.1, 0.15) is 4.90 Å². The van der Waals surface area contributed by atoms with Gasteiger partial charge in [-0.3, -0.25) is 5.32 Å². The van der Waals surface area contributed by atoms with E-state index in [4.69, 9.17) is 14.2 Å². The number of hydrazine groups is 1. The van der Waals surface area contributed by atoms with Crippen LogP contribution in [0, 0.1) is 11.5 Å². The molecule has 0 unspecified atom stereocenters. The van der Waals surface area contributed by atoms with Crippen LogP contribution in [0.25, 0.3) is 0 Å². The van der Waals surface area contributed by atoms with Crippen LogP contribution in [0.5, 0.6) is 11.8 Å². The summed E-state index contributed by atoms with van der Waals surface area (Å²) in [7, 11) is 0.0751. The van der Waals surface area contributed by atoms with Gasteiger partial charge in [0.2, 0.25) is 23.9 Å². The van der Waals surface area contributed by atoms with Crippen molar-refractivity contribution in [1.82, 2.24) is 19.7 Å². The molecule has 0 aliphatic carbocycles. The Labute approximate surface area is 211 Å². The van der Waals surface area contributed by atoms with Gasteiger partial charge in [0.25, 0.3) is 10.0 Å². The van der Waals surface area contributed by atoms with Gasteiger partial charge in [-0.05, 0) is 25.1 Å². The molecule has 2 rings (SSSR count). The van der Waals surface area contributed by atoms with E-state index < -0.39 is 38.6 Å². The molecule has 198 valence electrons. The fourth-order valence-electron chi connectivity index (χ4n) is 2.71. The van der Waals surface area contributed by atoms with Crippen LogP contribution in [0.3, 0.4) is 0 Å². The van der Waals surface area contributed by atoms with Crippen molar-refractivity contribution in [2.24, 2.45) is 0 Å². The molecule has 1 aromatic carbocycles. The number of benzene rings is 1. The minimum Gasteiger partial charge on any atom is -0.481 e. The smallest absolute Gasteiger partial charge is 0.429 e. The van der Waals surface area contributed by atoms with Crippen LogP contribution in [0.1, 0.15) is 17.3 Å². The van der Waals surface area contributed by atoms with E-state index in [0.717, 1.165) is 24.3 Å². The molecule has 1 heterocycles. The minimum atomic E-state index is -4.77. The summed E-state index contributed by atoms with van der Waals surface area (Å²) < 4.78 is 47.3. The van der Waals surface area contributed by atoms with Gasteiger partial charge >= 0.3 is 18.1 Å². The lowest BCUT2D eigenvalue weighted by Crippen LogP contribution is -2.41. The Morgan fingerprint density at radius 2 is 1.70 bits per heavy atom. The highest BCUT2D eigenvalue weighted by atomic mass is 32.2. The van der Waals surface area contributed by atoms with Crippen molar-refractivity contribution in [3.05, 3.63) is 29.8 Å². The van der Waals surface area contributed by atoms with Crippen molar-refractivity contribution < 1.29 is 41.7 Å². The standard InChI is InChI=1S/C20H23N7O9S/c1-6-36-20(30)26(2)27(11-21)12-7-8-13(17(28)35-5)14(9-12)37(31,32)25-19(29)24-18-22-15(33-3)10-16(23-18)34-4/h7-10H,6H2,1-5H3,(H2,22,23,24,25,29). The van der Waals surface area contributed by atoms with Crippen LogP contribution >= 0.6 is 0 Å². The zero-order valence-electron chi connectivity index (χ0n) is 20.3. The van der Waals surface area contributed by atoms with E-state index in [1.54, 1.807) is 17.8 Å². The molecule has 17 heteroatoms. The molecule has 0 bridgehead atoms. The maximum absolute atomic E-state index is 13.1. The van der Waals surface area contributed by atoms with Crippen molar-refractivity contribution >= 4 is 39.8 Å². The van der Waals surface area contributed by atoms with E-state index in [0.29, 0.717) is 5.01 Å². The first-order valence-electron chi connectivity index (χ1n) is 10.1. The van der Waals surface area contributed by atoms with Crippen molar-refractivity contribution in [2.75, 3.05) is 45.3 Å². The highest BCUT2D eigenvalue weighted by molar-refractivity contribution is 7.90. The van der Waals surface area contributed by atoms with Gasteiger partial charge in [0.05, 0.1) is 45.3 Å². The molecular formula is C20H23N7O9S. The molecule has 1 aromatic heterocycles. The van der Waals surface area contributed by atoms with Gasteiger partial charge in [-0.2, -0.15) is 20.2 Å². The van der Waals surface area contributed by atoms with E-state index in [9.17, 15) is 28.1 Å². The Morgan fingerprint density at radius 1 is 1.08 bits per heavy atom. The average molecular weight is 538 g/mol. The number of amides is 3. The molecule has 0 aliphatic rings. The monoisotopic (exact) mass is 537 g/mol. The third-order valence-corrected chi connectivity index (χ3v) is 5.75. The van der Waals surface area contributed by atoms with Crippen molar-refractivity contribution in [3.63, 3.8) is 0 Å². The Morgan fingerprint density at radius 3 is 2.22 bits per heavy atom. The molecule has 0 spiro atoms. The number of carbonyl (C=O) groups excluding carboxylic acids is 3. The molecule has 0 saturated heterocycles. The fraction of sp³-hybridized carbons (Fsp3) is 0.300. The van der Waals surface area contributed by atoms with Gasteiger partial charge in [-0.25, -0.2) is 32.5 Å². The third-order valence-electron chi connectivity index (χ3n) is 4.38. The predicted molar refractivity (Wildman–Crippen MR) is 125 cm³/mol. The molecule has 3 amide bonds. The maximum Gasteiger partial charge on any atom is 0.429 e. The maximum atomic E-state index is 13.1. The summed E-state index contributed by atoms with van der Waals surface area (Å²) >= 11 is 0. The Balaban J connectivity index is 2.45. The van der Waals surface area contributed by atoms with Crippen molar-refractivity contribution in [2.45, 2.75) is 11.8 Å². The summed E-state index contributed by atoms with van der Waals surface area (Å²) in [6.45, 7) is 1.58. The summed E-state index contributed by atoms with van der Waals surface area (Å²) in [6, 6.07) is 3.17. The van der Waals surface area contributed by atoms with E-state index in [1.807, 2.05) is 0 Å². The van der Waals surface area contributed by atoms with Crippen LogP contribution in [0.4, 0.5) is 21.2 Å². The Hall–Kier alpha value is -4.85. The second-order valence-corrected chi connectivity index (χ2v) is 8.29. The average Bonchev–Trinajstić information content (AvgIpc) is 2.87. The molecule has 0 atom stereocenters. The lowest BCUT2D eigenvalue weighted by atomic mass is 10.2. The SMILES string of the molecule is CCOC(=O)N(C)N(C#N)c1ccc(C(=O)OC)c(S(=O)(=O)NC(=O)Nc2nc(OC)cc(OC)n2)c1. The number of rotatable bonds is 9. The molecule has 16 nitrogen and oxygen atoms in total. The van der Waals surface area contributed by atoms with Gasteiger partial charge < -0.3 is 18.9 Å². The summed E-state index contributed by atoms with van der Waals surface area (Å²) in [6.07, 6.45) is 0.796. The van der Waals surface area contributed by atoms with Crippen LogP contribution in [-0.2, 0) is 19.5 Å². The third kappa shape index (κ3) is 6.85. The number of sulfonamides is 1. The topological polar surface area (TPSA) is 202 Å². The van der Waals surface area contributed by atoms with Gasteiger partial charge in [-0.15, -0.1) is 0 Å². The lowest BCUT2D eigenvalue weighted by Gasteiger charge is -2.26. The Bertz CT molecular complexity index is 1310. The second-order valence-electron chi connectivity index (χ2n) is 6.64. The quantitative estimate of drug-likeness (QED) is 0.199. The van der Waals surface area contributed by atoms with Crippen LogP contribution < -0.4 is 24.5 Å². The number of methoxy groups -OCH3 is 3. The number of hydrogen-bond donors (Lipinski definition) is 2. The van der Waals surface area contributed by atoms with E-state index in [-0.39, 0.29) is 30.0 Å². The largest absolute Gasteiger partial charge is 0.481 e. The second kappa shape index (κ2) is 12.2. The first kappa shape index (κ1) is 28.4. The number of esters is 1. The summed E-state index contributed by atoms with van der Waals surface area (Å²) in [4.78, 5) is 43.8. The van der Waals surface area contributed by atoms with Crippen LogP contribution in [0.2, 0.25) is 0 Å². The summed E-state index contributed by atoms with van der Waals surface area (Å²) in [5.74, 6) is -1.35. The van der Waals surface area contributed by atoms with Crippen molar-refractivity contribution in [1.29, 1.82) is 5.26 Å². The zero-order chi connectivity index (χ0) is 27.8. The number of nitrogens with zero attached hydrogens (tertiary/aromatic N) is 5. The molecule has 2 aromatic rings. The van der Waals surface area contributed by atoms with Gasteiger partial charge in [0.15, 0.2) is 0 Å². The van der Waals surface area contributed by atoms with Crippen LogP contribution in [0.15, 0.2) is 29.2 Å². The predicted octanol–water partition coefficient (Wildman–Crippen LogP) is 1.08. The first-order chi connectivity index (χ1) is 17.5. The molecule has 0 fully saturated rings. The van der Waals surface area contributed by atoms with E-state index in [2.05, 4.69) is 20.0 Å². The van der Waals surface area contributed by atoms with E-state index >= 15 is 0 Å². The molecule has 0 aliphatic heterocycles. The molecule has 0 radical (unpaired) electrons. The highest BCUT2D eigenvalue weighted by Crippen LogP contribution is 2.25. The number of urea groups is 1. The number of nitrogens with one attached hydrogen (secondary N) is 2. The van der Waals surface area contributed by atoms with Crippen LogP contribution in [-0.4, -0.2) is 76.5 Å². The van der Waals surface area contributed by atoms with E-state index in [1.165, 1.54) is 33.4 Å². The normalized spacial score (nSPS) is 10.4. The number of carbonyl (C=O) groups is 3. The number of anilines is 2. The van der Waals surface area contributed by atoms with Gasteiger partial charge in [0, 0.05) is 7.05 Å². The fourth-order valence-corrected chi connectivity index (χ4v) is 3.84. The molecular weight excluding hydrogens is 514 g/mol. The minimum absolute atomic E-state index is 0.0191. The molecule has 2 N–H and O–H groups in total.